The standard InChI is InChI=1S/C47H34N2/c1-48-46(34-16-4-2-5-17-34)31-47(35-18-6-3-7-19-35)49-32-33-15-14-20-36(29-33)38-21-8-9-22-39(38)37-27-28-44-42-25-11-10-23-40(42)41-24-12-13-26-43(41)45(44)30-37/h2-31H,1,32H2/b46-31-,49-47?. The molecule has 0 saturated heterocycles. The summed E-state index contributed by atoms with van der Waals surface area (Å²) in [7, 11) is 0. The first kappa shape index (κ1) is 30.0. The number of fused-ring (bicyclic) bond motifs is 6. The van der Waals surface area contributed by atoms with E-state index in [2.05, 4.69) is 139 Å². The lowest BCUT2D eigenvalue weighted by Crippen LogP contribution is -2.00. The van der Waals surface area contributed by atoms with Crippen LogP contribution in [0, 0.1) is 0 Å². The molecule has 0 spiro atoms. The van der Waals surface area contributed by atoms with E-state index < -0.39 is 0 Å². The molecule has 0 saturated carbocycles. The molecule has 0 aliphatic rings. The average Bonchev–Trinajstić information content (AvgIpc) is 3.19. The summed E-state index contributed by atoms with van der Waals surface area (Å²) in [6.45, 7) is 4.39. The van der Waals surface area contributed by atoms with Crippen LogP contribution in [0.3, 0.4) is 0 Å². The molecule has 0 aliphatic heterocycles. The Morgan fingerprint density at radius 2 is 0.959 bits per heavy atom. The Hall–Kier alpha value is -6.38. The van der Waals surface area contributed by atoms with Crippen molar-refractivity contribution in [2.24, 2.45) is 9.98 Å². The summed E-state index contributed by atoms with van der Waals surface area (Å²) in [5, 5.41) is 7.69. The van der Waals surface area contributed by atoms with E-state index in [0.29, 0.717) is 6.54 Å². The average molecular weight is 627 g/mol. The van der Waals surface area contributed by atoms with Gasteiger partial charge in [-0.25, -0.2) is 0 Å². The Bertz CT molecular complexity index is 2490. The van der Waals surface area contributed by atoms with E-state index in [-0.39, 0.29) is 0 Å². The Morgan fingerprint density at radius 3 is 1.57 bits per heavy atom. The van der Waals surface area contributed by atoms with Crippen LogP contribution < -0.4 is 0 Å². The van der Waals surface area contributed by atoms with Crippen LogP contribution in [0.1, 0.15) is 16.7 Å². The first-order valence-corrected chi connectivity index (χ1v) is 16.6. The van der Waals surface area contributed by atoms with Crippen LogP contribution in [0.2, 0.25) is 0 Å². The summed E-state index contributed by atoms with van der Waals surface area (Å²) >= 11 is 0. The molecular formula is C47H34N2. The fourth-order valence-corrected chi connectivity index (χ4v) is 6.86. The van der Waals surface area contributed by atoms with Gasteiger partial charge in [0.2, 0.25) is 0 Å². The van der Waals surface area contributed by atoms with Gasteiger partial charge < -0.3 is 0 Å². The van der Waals surface area contributed by atoms with Crippen molar-refractivity contribution in [1.29, 1.82) is 0 Å². The molecule has 0 aromatic heterocycles. The summed E-state index contributed by atoms with van der Waals surface area (Å²) in [6, 6.07) is 62.3. The highest BCUT2D eigenvalue weighted by atomic mass is 14.8. The van der Waals surface area contributed by atoms with Gasteiger partial charge in [0.15, 0.2) is 0 Å². The maximum absolute atomic E-state index is 5.13. The molecule has 49 heavy (non-hydrogen) atoms. The zero-order chi connectivity index (χ0) is 33.0. The first-order valence-electron chi connectivity index (χ1n) is 16.6. The normalized spacial score (nSPS) is 12.1. The predicted molar refractivity (Wildman–Crippen MR) is 210 cm³/mol. The molecule has 0 unspecified atom stereocenters. The molecule has 2 nitrogen and oxygen atoms in total. The molecule has 0 bridgehead atoms. The lowest BCUT2D eigenvalue weighted by atomic mass is 9.89. The van der Waals surface area contributed by atoms with Crippen LogP contribution in [-0.2, 0) is 6.54 Å². The van der Waals surface area contributed by atoms with Gasteiger partial charge in [-0.1, -0.05) is 164 Å². The Kier molecular flexibility index (Phi) is 8.19. The third kappa shape index (κ3) is 5.97. The van der Waals surface area contributed by atoms with Crippen molar-refractivity contribution in [1.82, 2.24) is 0 Å². The van der Waals surface area contributed by atoms with Crippen molar-refractivity contribution in [3.05, 3.63) is 199 Å². The fraction of sp³-hybridized carbons (Fsp3) is 0.0213. The topological polar surface area (TPSA) is 24.7 Å². The zero-order valence-electron chi connectivity index (χ0n) is 27.1. The van der Waals surface area contributed by atoms with Crippen molar-refractivity contribution < 1.29 is 0 Å². The molecule has 8 aromatic carbocycles. The lowest BCUT2D eigenvalue weighted by molar-refractivity contribution is 1.07. The van der Waals surface area contributed by atoms with Crippen LogP contribution >= 0.6 is 0 Å². The van der Waals surface area contributed by atoms with Gasteiger partial charge in [-0.3, -0.25) is 9.98 Å². The molecule has 8 aromatic rings. The number of allylic oxidation sites excluding steroid dienone is 1. The Labute approximate surface area is 287 Å². The van der Waals surface area contributed by atoms with Gasteiger partial charge in [0.05, 0.1) is 18.0 Å². The number of nitrogens with zero attached hydrogens (tertiary/aromatic N) is 2. The van der Waals surface area contributed by atoms with E-state index in [1.165, 1.54) is 54.6 Å². The van der Waals surface area contributed by atoms with Crippen LogP contribution in [0.25, 0.3) is 60.3 Å². The molecule has 0 aliphatic carbocycles. The van der Waals surface area contributed by atoms with E-state index in [1.54, 1.807) is 0 Å². The SMILES string of the molecule is C=N/C(=C\C(=NCc1cccc(-c2ccccc2-c2ccc3c4ccccc4c4ccccc4c3c2)c1)c1ccccc1)c1ccccc1. The Balaban J connectivity index is 1.19. The van der Waals surface area contributed by atoms with Crippen LogP contribution in [0.15, 0.2) is 192 Å². The predicted octanol–water partition coefficient (Wildman–Crippen LogP) is 12.2. The minimum Gasteiger partial charge on any atom is -0.280 e. The number of hydrogen-bond donors (Lipinski definition) is 0. The van der Waals surface area contributed by atoms with Gasteiger partial charge in [0.25, 0.3) is 0 Å². The molecular weight excluding hydrogens is 593 g/mol. The van der Waals surface area contributed by atoms with Gasteiger partial charge in [0.1, 0.15) is 0 Å². The van der Waals surface area contributed by atoms with Gasteiger partial charge in [-0.05, 0) is 90.6 Å². The highest BCUT2D eigenvalue weighted by Gasteiger charge is 2.13. The van der Waals surface area contributed by atoms with E-state index in [9.17, 15) is 0 Å². The van der Waals surface area contributed by atoms with Crippen molar-refractivity contribution in [2.75, 3.05) is 0 Å². The second-order valence-electron chi connectivity index (χ2n) is 12.2. The van der Waals surface area contributed by atoms with Gasteiger partial charge in [-0.15, -0.1) is 0 Å². The molecule has 2 heteroatoms. The number of hydrogen-bond acceptors (Lipinski definition) is 2. The fourth-order valence-electron chi connectivity index (χ4n) is 6.86. The van der Waals surface area contributed by atoms with E-state index in [0.717, 1.165) is 28.1 Å². The molecule has 8 rings (SSSR count). The summed E-state index contributed by atoms with van der Waals surface area (Å²) in [5.74, 6) is 0. The molecule has 232 valence electrons. The van der Waals surface area contributed by atoms with E-state index >= 15 is 0 Å². The highest BCUT2D eigenvalue weighted by molar-refractivity contribution is 6.25. The van der Waals surface area contributed by atoms with Crippen molar-refractivity contribution >= 4 is 50.4 Å². The smallest absolute Gasteiger partial charge is 0.0716 e. The molecule has 0 heterocycles. The highest BCUT2D eigenvalue weighted by Crippen LogP contribution is 2.39. The maximum Gasteiger partial charge on any atom is 0.0716 e. The summed E-state index contributed by atoms with van der Waals surface area (Å²) in [6.07, 6.45) is 2.03. The monoisotopic (exact) mass is 626 g/mol. The van der Waals surface area contributed by atoms with Crippen molar-refractivity contribution in [3.63, 3.8) is 0 Å². The van der Waals surface area contributed by atoms with Gasteiger partial charge >= 0.3 is 0 Å². The summed E-state index contributed by atoms with van der Waals surface area (Å²) < 4.78 is 0. The largest absolute Gasteiger partial charge is 0.280 e. The lowest BCUT2D eigenvalue weighted by Gasteiger charge is -2.14. The molecule has 0 radical (unpaired) electrons. The second-order valence-corrected chi connectivity index (χ2v) is 12.2. The minimum atomic E-state index is 0.533. The van der Waals surface area contributed by atoms with Crippen LogP contribution in [0.5, 0.6) is 0 Å². The number of aliphatic imine (C=N–C) groups is 2. The molecule has 0 fully saturated rings. The van der Waals surface area contributed by atoms with E-state index in [1.807, 2.05) is 54.6 Å². The number of benzene rings is 8. The first-order chi connectivity index (χ1) is 24.3. The Morgan fingerprint density at radius 1 is 0.449 bits per heavy atom. The van der Waals surface area contributed by atoms with E-state index in [4.69, 9.17) is 4.99 Å². The minimum absolute atomic E-state index is 0.533. The van der Waals surface area contributed by atoms with Gasteiger partial charge in [-0.2, -0.15) is 0 Å². The number of rotatable bonds is 8. The van der Waals surface area contributed by atoms with Crippen molar-refractivity contribution in [3.8, 4) is 22.3 Å². The van der Waals surface area contributed by atoms with Crippen LogP contribution in [0.4, 0.5) is 0 Å². The second kappa shape index (κ2) is 13.4. The summed E-state index contributed by atoms with van der Waals surface area (Å²) in [5.41, 5.74) is 9.62. The third-order valence-electron chi connectivity index (χ3n) is 9.24. The van der Waals surface area contributed by atoms with Crippen molar-refractivity contribution in [2.45, 2.75) is 6.54 Å². The molecule has 0 amide bonds. The quantitative estimate of drug-likeness (QED) is 0.118. The zero-order valence-corrected chi connectivity index (χ0v) is 27.1. The van der Waals surface area contributed by atoms with Gasteiger partial charge in [0, 0.05) is 5.56 Å². The summed E-state index contributed by atoms with van der Waals surface area (Å²) in [4.78, 5) is 9.48. The molecule has 0 atom stereocenters. The maximum atomic E-state index is 5.13. The third-order valence-corrected chi connectivity index (χ3v) is 9.24. The van der Waals surface area contributed by atoms with Crippen LogP contribution in [-0.4, -0.2) is 12.4 Å². The molecule has 0 N–H and O–H groups in total.